The number of rotatable bonds is 10. The quantitative estimate of drug-likeness (QED) is 0.0759. The van der Waals surface area contributed by atoms with Crippen LogP contribution in [0.1, 0.15) is 78.1 Å². The molecule has 3 N–H and O–H groups in total. The van der Waals surface area contributed by atoms with Crippen molar-refractivity contribution in [3.63, 3.8) is 0 Å². The highest BCUT2D eigenvalue weighted by atomic mass is 32.2. The molecule has 44 heavy (non-hydrogen) atoms. The van der Waals surface area contributed by atoms with E-state index in [9.17, 15) is 23.9 Å². The molecule has 1 aliphatic heterocycles. The normalized spacial score (nSPS) is 18.8. The van der Waals surface area contributed by atoms with Gasteiger partial charge >= 0.3 is 13.8 Å². The van der Waals surface area contributed by atoms with Crippen molar-refractivity contribution in [2.75, 3.05) is 0 Å². The summed E-state index contributed by atoms with van der Waals surface area (Å²) in [7, 11) is -4.81. The number of amides is 1. The number of thiocarbonyl (C=S) groups is 1. The van der Waals surface area contributed by atoms with Crippen LogP contribution < -0.4 is 10.1 Å². The van der Waals surface area contributed by atoms with E-state index in [4.69, 9.17) is 17.0 Å². The Balaban J connectivity index is 0.00000675. The first-order valence-electron chi connectivity index (χ1n) is 13.6. The summed E-state index contributed by atoms with van der Waals surface area (Å²) in [5, 5.41) is 2.50. The lowest BCUT2D eigenvalue weighted by molar-refractivity contribution is -0.129. The molecule has 238 valence electrons. The van der Waals surface area contributed by atoms with Crippen molar-refractivity contribution in [2.45, 2.75) is 74.8 Å². The number of carbonyl (C=O) groups excluding carboxylic acids is 2. The fourth-order valence-electron chi connectivity index (χ4n) is 4.75. The van der Waals surface area contributed by atoms with Crippen LogP contribution in [0.4, 0.5) is 0 Å². The van der Waals surface area contributed by atoms with Crippen molar-refractivity contribution in [1.82, 2.24) is 10.3 Å². The lowest BCUT2D eigenvalue weighted by Crippen LogP contribution is -2.19. The summed E-state index contributed by atoms with van der Waals surface area (Å²) in [4.78, 5) is 48.0. The molecule has 0 spiro atoms. The molecule has 0 unspecified atom stereocenters. The Bertz CT molecular complexity index is 1550. The predicted molar refractivity (Wildman–Crippen MR) is 181 cm³/mol. The monoisotopic (exact) mass is 660 g/mol. The summed E-state index contributed by atoms with van der Waals surface area (Å²) < 4.78 is 21.9. The summed E-state index contributed by atoms with van der Waals surface area (Å²) >= 11 is 6.06. The maximum absolute atomic E-state index is 12.9. The number of phosphoric ester groups is 1. The molecule has 1 aromatic rings. The van der Waals surface area contributed by atoms with E-state index < -0.39 is 26.3 Å². The second kappa shape index (κ2) is 15.9. The van der Waals surface area contributed by atoms with Crippen LogP contribution in [0.15, 0.2) is 69.9 Å². The van der Waals surface area contributed by atoms with Crippen molar-refractivity contribution >= 4 is 54.1 Å². The molecule has 2 aliphatic rings. The van der Waals surface area contributed by atoms with Crippen molar-refractivity contribution in [2.24, 2.45) is 5.41 Å². The van der Waals surface area contributed by atoms with Gasteiger partial charge < -0.3 is 19.8 Å². The van der Waals surface area contributed by atoms with Crippen molar-refractivity contribution in [3.05, 3.63) is 86.7 Å². The van der Waals surface area contributed by atoms with Gasteiger partial charge in [0, 0.05) is 23.4 Å². The molecule has 1 aromatic heterocycles. The van der Waals surface area contributed by atoms with Crippen LogP contribution in [0.2, 0.25) is 0 Å². The number of ether oxygens (including phenoxy) is 1. The maximum atomic E-state index is 12.9. The highest BCUT2D eigenvalue weighted by Crippen LogP contribution is 2.41. The first-order chi connectivity index (χ1) is 20.1. The molecule has 0 radical (unpaired) electrons. The molecular formula is C32H41N2O7PS2. The number of allylic oxidation sites excluding steroid dienone is 9. The summed E-state index contributed by atoms with van der Waals surface area (Å²) in [6, 6.07) is 0. The van der Waals surface area contributed by atoms with Gasteiger partial charge in [0.15, 0.2) is 5.75 Å². The zero-order chi connectivity index (χ0) is 31.9. The SMILES string of the molecule is C.CC1=C(/C=C/C(C)=C/C=C/C(C)=C/C(=O)Oc2c(C)ncc(COP(=O)(O)O)c2/C=C2\SC(=S)NC2=O)C(C)(C)CCC1. The van der Waals surface area contributed by atoms with Gasteiger partial charge in [-0.2, -0.15) is 0 Å². The number of hydrogen-bond donors (Lipinski definition) is 3. The van der Waals surface area contributed by atoms with Crippen LogP contribution in [-0.4, -0.2) is 31.0 Å². The van der Waals surface area contributed by atoms with Crippen molar-refractivity contribution in [1.29, 1.82) is 0 Å². The van der Waals surface area contributed by atoms with E-state index in [0.717, 1.165) is 23.8 Å². The number of aryl methyl sites for hydroxylation is 1. The topological polar surface area (TPSA) is 135 Å². The first-order valence-corrected chi connectivity index (χ1v) is 16.4. The lowest BCUT2D eigenvalue weighted by Gasteiger charge is -2.32. The van der Waals surface area contributed by atoms with Crippen LogP contribution in [0.5, 0.6) is 5.75 Å². The van der Waals surface area contributed by atoms with Gasteiger partial charge in [0.2, 0.25) is 0 Å². The third-order valence-corrected chi connectivity index (χ3v) is 8.59. The fourth-order valence-corrected chi connectivity index (χ4v) is 6.08. The maximum Gasteiger partial charge on any atom is 0.469 e. The fraction of sp³-hybridized carbons (Fsp3) is 0.375. The van der Waals surface area contributed by atoms with Gasteiger partial charge in [-0.05, 0) is 69.6 Å². The molecule has 3 rings (SSSR count). The second-order valence-electron chi connectivity index (χ2n) is 11.1. The molecule has 12 heteroatoms. The number of nitrogens with zero attached hydrogens (tertiary/aromatic N) is 1. The van der Waals surface area contributed by atoms with Gasteiger partial charge in [-0.1, -0.05) is 86.8 Å². The van der Waals surface area contributed by atoms with Gasteiger partial charge in [0.05, 0.1) is 17.2 Å². The van der Waals surface area contributed by atoms with Gasteiger partial charge in [0.1, 0.15) is 4.32 Å². The Morgan fingerprint density at radius 3 is 2.55 bits per heavy atom. The zero-order valence-corrected chi connectivity index (χ0v) is 27.6. The molecule has 0 atom stereocenters. The average molecular weight is 661 g/mol. The minimum Gasteiger partial charge on any atom is -0.421 e. The van der Waals surface area contributed by atoms with Crippen LogP contribution >= 0.6 is 31.8 Å². The van der Waals surface area contributed by atoms with Crippen LogP contribution in [0.3, 0.4) is 0 Å². The number of thioether (sulfide) groups is 1. The number of nitrogens with one attached hydrogen (secondary N) is 1. The standard InChI is InChI=1S/C31H37N2O7PS2.CH4/c1-19(12-13-25-21(3)11-8-14-31(25,5)6)9-7-10-20(2)15-27(34)40-28-22(4)32-17-23(18-39-41(36,37)38)24(28)16-26-29(35)33-30(42)43-26;/h7,9-10,12-13,15-17H,8,11,14,18H2,1-6H3,(H,33,35,42)(H2,36,37,38);1H4/b10-7+,13-12+,19-9+,20-15+,26-16-;. The summed E-state index contributed by atoms with van der Waals surface area (Å²) in [5.41, 5.74) is 5.43. The highest BCUT2D eigenvalue weighted by Gasteiger charge is 2.27. The number of pyridine rings is 1. The third kappa shape index (κ3) is 10.9. The minimum absolute atomic E-state index is 0. The van der Waals surface area contributed by atoms with Crippen LogP contribution in [-0.2, 0) is 25.3 Å². The van der Waals surface area contributed by atoms with E-state index in [-0.39, 0.29) is 38.9 Å². The van der Waals surface area contributed by atoms with Crippen molar-refractivity contribution in [3.8, 4) is 5.75 Å². The van der Waals surface area contributed by atoms with Gasteiger partial charge in [-0.25, -0.2) is 9.36 Å². The first kappa shape index (κ1) is 37.3. The average Bonchev–Trinajstić information content (AvgIpc) is 3.20. The molecule has 2 heterocycles. The molecular weight excluding hydrogens is 619 g/mol. The van der Waals surface area contributed by atoms with E-state index in [1.54, 1.807) is 19.9 Å². The smallest absolute Gasteiger partial charge is 0.421 e. The van der Waals surface area contributed by atoms with E-state index in [2.05, 4.69) is 47.7 Å². The molecule has 1 amide bonds. The Kier molecular flexibility index (Phi) is 13.5. The Labute approximate surface area is 269 Å². The van der Waals surface area contributed by atoms with Crippen LogP contribution in [0.25, 0.3) is 6.08 Å². The van der Waals surface area contributed by atoms with Gasteiger partial charge in [-0.15, -0.1) is 0 Å². The molecule has 1 aliphatic carbocycles. The van der Waals surface area contributed by atoms with E-state index in [0.29, 0.717) is 11.3 Å². The number of carbonyl (C=O) groups is 2. The van der Waals surface area contributed by atoms with E-state index >= 15 is 0 Å². The number of phosphoric acid groups is 1. The zero-order valence-electron chi connectivity index (χ0n) is 25.1. The highest BCUT2D eigenvalue weighted by molar-refractivity contribution is 8.26. The summed E-state index contributed by atoms with van der Waals surface area (Å²) in [5.74, 6) is -1.11. The third-order valence-electron chi connectivity index (χ3n) is 6.96. The second-order valence-corrected chi connectivity index (χ2v) is 14.0. The van der Waals surface area contributed by atoms with Crippen molar-refractivity contribution < 1.29 is 33.2 Å². The van der Waals surface area contributed by atoms with Crippen LogP contribution in [0, 0.1) is 12.3 Å². The molecule has 1 saturated heterocycles. The molecule has 0 bridgehead atoms. The van der Waals surface area contributed by atoms with E-state index in [1.165, 1.54) is 42.3 Å². The molecule has 9 nitrogen and oxygen atoms in total. The van der Waals surface area contributed by atoms with Gasteiger partial charge in [-0.3, -0.25) is 14.3 Å². The van der Waals surface area contributed by atoms with E-state index in [1.807, 2.05) is 19.1 Å². The largest absolute Gasteiger partial charge is 0.469 e. The number of hydrogen-bond acceptors (Lipinski definition) is 8. The van der Waals surface area contributed by atoms with Gasteiger partial charge in [0.25, 0.3) is 5.91 Å². The predicted octanol–water partition coefficient (Wildman–Crippen LogP) is 7.56. The Morgan fingerprint density at radius 1 is 1.23 bits per heavy atom. The molecule has 0 aromatic carbocycles. The Hall–Kier alpha value is -2.92. The lowest BCUT2D eigenvalue weighted by atomic mass is 9.72. The summed E-state index contributed by atoms with van der Waals surface area (Å²) in [6.07, 6.45) is 17.5. The molecule has 1 fully saturated rings. The number of esters is 1. The summed E-state index contributed by atoms with van der Waals surface area (Å²) in [6.45, 7) is 11.6. The minimum atomic E-state index is -4.81. The number of aromatic nitrogens is 1. The molecule has 0 saturated carbocycles. The Morgan fingerprint density at radius 2 is 1.93 bits per heavy atom.